The van der Waals surface area contributed by atoms with Gasteiger partial charge in [0.2, 0.25) is 11.8 Å². The molecular formula is C30H29N5O5. The molecule has 0 aliphatic carbocycles. The normalized spacial score (nSPS) is 12.8. The van der Waals surface area contributed by atoms with Crippen molar-refractivity contribution in [3.63, 3.8) is 0 Å². The minimum absolute atomic E-state index is 0.117. The number of anilines is 1. The van der Waals surface area contributed by atoms with Crippen molar-refractivity contribution in [1.82, 2.24) is 19.3 Å². The van der Waals surface area contributed by atoms with Crippen molar-refractivity contribution in [2.24, 2.45) is 0 Å². The van der Waals surface area contributed by atoms with E-state index in [-0.39, 0.29) is 31.1 Å². The highest BCUT2D eigenvalue weighted by Gasteiger charge is 2.19. The largest absolute Gasteiger partial charge is 0.477 e. The third-order valence-corrected chi connectivity index (χ3v) is 6.53. The van der Waals surface area contributed by atoms with Crippen LogP contribution in [0, 0.1) is 0 Å². The minimum atomic E-state index is -1.33. The maximum absolute atomic E-state index is 12.7. The van der Waals surface area contributed by atoms with Crippen LogP contribution in [0.1, 0.15) is 34.0 Å². The molecule has 0 fully saturated rings. The number of para-hydroxylation sites is 2. The lowest BCUT2D eigenvalue weighted by Crippen LogP contribution is -2.24. The number of fused-ring (bicyclic) bond motifs is 1. The van der Waals surface area contributed by atoms with Crippen molar-refractivity contribution in [3.8, 4) is 5.88 Å². The van der Waals surface area contributed by atoms with Crippen LogP contribution in [-0.2, 0) is 13.1 Å². The Hall–Kier alpha value is -4.80. The number of ketones is 1. The molecule has 0 aliphatic heterocycles. The number of carbonyl (C=O) groups excluding carboxylic acids is 1. The quantitative estimate of drug-likeness (QED) is 0.217. The summed E-state index contributed by atoms with van der Waals surface area (Å²) in [7, 11) is 0. The maximum Gasteiger partial charge on any atom is 0.267 e. The standard InChI is InChI=1S/C30H29N5O5/c31-30-32-24-11-4-5-12-25(24)34(30)19-23(36)15-16-40-26-13-14-27(37)35(33-26)18-20-7-6-10-22(17-20)29(39)28(38)21-8-2-1-3-9-21/h1-14,17,23,29,36,39H,15-16,18-19H2,(H2,31,32). The van der Waals surface area contributed by atoms with Gasteiger partial charge in [-0.15, -0.1) is 5.10 Å². The fraction of sp³-hybridized carbons (Fsp3) is 0.200. The van der Waals surface area contributed by atoms with Gasteiger partial charge in [0.1, 0.15) is 6.10 Å². The molecular weight excluding hydrogens is 510 g/mol. The number of nitrogens with zero attached hydrogens (tertiary/aromatic N) is 4. The molecule has 0 aliphatic rings. The topological polar surface area (TPSA) is 145 Å². The lowest BCUT2D eigenvalue weighted by Gasteiger charge is -2.14. The summed E-state index contributed by atoms with van der Waals surface area (Å²) in [5, 5.41) is 25.5. The summed E-state index contributed by atoms with van der Waals surface area (Å²) in [6.07, 6.45) is -1.76. The van der Waals surface area contributed by atoms with Crippen LogP contribution in [0.15, 0.2) is 95.8 Å². The number of aliphatic hydroxyl groups is 2. The Labute approximate surface area is 229 Å². The van der Waals surface area contributed by atoms with Gasteiger partial charge in [0.05, 0.1) is 36.8 Å². The van der Waals surface area contributed by atoms with Crippen molar-refractivity contribution >= 4 is 22.8 Å². The predicted octanol–water partition coefficient (Wildman–Crippen LogP) is 2.97. The van der Waals surface area contributed by atoms with Crippen LogP contribution in [0.4, 0.5) is 5.95 Å². The van der Waals surface area contributed by atoms with Crippen molar-refractivity contribution in [1.29, 1.82) is 0 Å². The number of hydrogen-bond donors (Lipinski definition) is 3. The van der Waals surface area contributed by atoms with Crippen molar-refractivity contribution in [2.75, 3.05) is 12.3 Å². The Bertz CT molecular complexity index is 1680. The fourth-order valence-corrected chi connectivity index (χ4v) is 4.45. The average Bonchev–Trinajstić information content (AvgIpc) is 3.29. The molecule has 0 spiro atoms. The van der Waals surface area contributed by atoms with E-state index in [9.17, 15) is 19.8 Å². The van der Waals surface area contributed by atoms with Crippen LogP contribution < -0.4 is 16.0 Å². The van der Waals surface area contributed by atoms with Gasteiger partial charge in [-0.1, -0.05) is 66.7 Å². The second-order valence-corrected chi connectivity index (χ2v) is 9.41. The number of imidazole rings is 1. The molecule has 5 aromatic rings. The first-order valence-electron chi connectivity index (χ1n) is 12.8. The van der Waals surface area contributed by atoms with E-state index in [0.717, 1.165) is 11.0 Å². The summed E-state index contributed by atoms with van der Waals surface area (Å²) in [4.78, 5) is 29.4. The summed E-state index contributed by atoms with van der Waals surface area (Å²) in [5.74, 6) is 0.153. The van der Waals surface area contributed by atoms with E-state index >= 15 is 0 Å². The number of ether oxygens (including phenoxy) is 1. The molecule has 40 heavy (non-hydrogen) atoms. The van der Waals surface area contributed by atoms with E-state index in [1.165, 1.54) is 16.8 Å². The van der Waals surface area contributed by atoms with Crippen LogP contribution in [0.3, 0.4) is 0 Å². The van der Waals surface area contributed by atoms with Gasteiger partial charge >= 0.3 is 0 Å². The zero-order chi connectivity index (χ0) is 28.1. The van der Waals surface area contributed by atoms with Gasteiger partial charge in [-0.2, -0.15) is 0 Å². The maximum atomic E-state index is 12.7. The smallest absolute Gasteiger partial charge is 0.267 e. The van der Waals surface area contributed by atoms with Gasteiger partial charge in [0.25, 0.3) is 5.56 Å². The number of aromatic nitrogens is 4. The van der Waals surface area contributed by atoms with Crippen LogP contribution in [0.25, 0.3) is 11.0 Å². The Morgan fingerprint density at radius 2 is 1.73 bits per heavy atom. The number of Topliss-reactive ketones (excluding diaryl/α,β-unsaturated/α-hetero) is 1. The molecule has 2 aromatic heterocycles. The number of carbonyl (C=O) groups is 1. The lowest BCUT2D eigenvalue weighted by atomic mass is 9.98. The van der Waals surface area contributed by atoms with E-state index in [1.54, 1.807) is 59.2 Å². The zero-order valence-corrected chi connectivity index (χ0v) is 21.6. The van der Waals surface area contributed by atoms with Gasteiger partial charge in [0.15, 0.2) is 5.78 Å². The lowest BCUT2D eigenvalue weighted by molar-refractivity contribution is 0.0747. The molecule has 5 rings (SSSR count). The molecule has 0 radical (unpaired) electrons. The third-order valence-electron chi connectivity index (χ3n) is 6.53. The summed E-state index contributed by atoms with van der Waals surface area (Å²) in [6, 6.07) is 25.8. The van der Waals surface area contributed by atoms with Crippen LogP contribution in [0.2, 0.25) is 0 Å². The van der Waals surface area contributed by atoms with Gasteiger partial charge in [-0.25, -0.2) is 9.67 Å². The highest BCUT2D eigenvalue weighted by Crippen LogP contribution is 2.21. The Morgan fingerprint density at radius 1 is 0.950 bits per heavy atom. The molecule has 2 atom stereocenters. The van der Waals surface area contributed by atoms with E-state index < -0.39 is 18.0 Å². The van der Waals surface area contributed by atoms with Crippen molar-refractivity contribution in [2.45, 2.75) is 31.7 Å². The molecule has 204 valence electrons. The zero-order valence-electron chi connectivity index (χ0n) is 21.6. The van der Waals surface area contributed by atoms with Gasteiger partial charge in [-0.05, 0) is 23.3 Å². The number of nitrogens with two attached hydrogens (primary N) is 1. The summed E-state index contributed by atoms with van der Waals surface area (Å²) in [5.41, 5.74) is 8.81. The number of nitrogen functional groups attached to an aromatic ring is 1. The summed E-state index contributed by atoms with van der Waals surface area (Å²) < 4.78 is 8.72. The van der Waals surface area contributed by atoms with Gasteiger partial charge in [0, 0.05) is 24.1 Å². The number of aliphatic hydroxyl groups excluding tert-OH is 2. The van der Waals surface area contributed by atoms with Crippen molar-refractivity contribution in [3.05, 3.63) is 118 Å². The van der Waals surface area contributed by atoms with Gasteiger partial charge in [-0.3, -0.25) is 9.59 Å². The first-order chi connectivity index (χ1) is 19.4. The molecule has 0 bridgehead atoms. The van der Waals surface area contributed by atoms with Crippen molar-refractivity contribution < 1.29 is 19.7 Å². The van der Waals surface area contributed by atoms with Gasteiger partial charge < -0.3 is 25.3 Å². The van der Waals surface area contributed by atoms with Crippen LogP contribution in [0.5, 0.6) is 5.88 Å². The van der Waals surface area contributed by atoms with E-state index in [0.29, 0.717) is 29.1 Å². The first kappa shape index (κ1) is 26.8. The highest BCUT2D eigenvalue weighted by molar-refractivity contribution is 5.99. The van der Waals surface area contributed by atoms with E-state index in [1.807, 2.05) is 24.3 Å². The predicted molar refractivity (Wildman–Crippen MR) is 150 cm³/mol. The van der Waals surface area contributed by atoms with E-state index in [2.05, 4.69) is 10.1 Å². The molecule has 4 N–H and O–H groups in total. The molecule has 0 saturated carbocycles. The Kier molecular flexibility index (Phi) is 7.99. The fourth-order valence-electron chi connectivity index (χ4n) is 4.45. The molecule has 10 nitrogen and oxygen atoms in total. The van der Waals surface area contributed by atoms with E-state index in [4.69, 9.17) is 10.5 Å². The average molecular weight is 540 g/mol. The molecule has 2 heterocycles. The third kappa shape index (κ3) is 6.09. The number of benzene rings is 3. The second kappa shape index (κ2) is 11.9. The number of hydrogen-bond acceptors (Lipinski definition) is 8. The Balaban J connectivity index is 1.20. The summed E-state index contributed by atoms with van der Waals surface area (Å²) in [6.45, 7) is 0.547. The molecule has 3 aromatic carbocycles. The highest BCUT2D eigenvalue weighted by atomic mass is 16.5. The monoisotopic (exact) mass is 539 g/mol. The number of rotatable bonds is 11. The molecule has 0 saturated heterocycles. The molecule has 10 heteroatoms. The Morgan fingerprint density at radius 3 is 2.55 bits per heavy atom. The van der Waals surface area contributed by atoms with Crippen LogP contribution >= 0.6 is 0 Å². The summed E-state index contributed by atoms with van der Waals surface area (Å²) >= 11 is 0. The molecule has 0 amide bonds. The second-order valence-electron chi connectivity index (χ2n) is 9.41. The first-order valence-corrected chi connectivity index (χ1v) is 12.8. The SMILES string of the molecule is Nc1nc2ccccc2n1CC(O)CCOc1ccc(=O)n(Cc2cccc(C(O)C(=O)c3ccccc3)c2)n1. The molecule has 2 unspecified atom stereocenters. The van der Waals surface area contributed by atoms with Crippen LogP contribution in [-0.4, -0.2) is 48.0 Å². The minimum Gasteiger partial charge on any atom is -0.477 e.